The first-order valence-corrected chi connectivity index (χ1v) is 4.25. The standard InChI is InChI=1S/C10H9N3O/c14-7-10-3-1-2-9(12-10)6-13-5-4-11-8-13/h1-5,7-8H,6H2. The van der Waals surface area contributed by atoms with Crippen molar-refractivity contribution in [1.29, 1.82) is 0 Å². The second kappa shape index (κ2) is 3.83. The molecule has 0 unspecified atom stereocenters. The molecular formula is C10H9N3O. The van der Waals surface area contributed by atoms with Crippen molar-refractivity contribution in [2.24, 2.45) is 0 Å². The summed E-state index contributed by atoms with van der Waals surface area (Å²) >= 11 is 0. The molecule has 0 fully saturated rings. The fourth-order valence-electron chi connectivity index (χ4n) is 1.22. The SMILES string of the molecule is O=Cc1cccc(Cn2ccnc2)n1. The van der Waals surface area contributed by atoms with Gasteiger partial charge in [0.05, 0.1) is 18.6 Å². The molecule has 2 aromatic heterocycles. The highest BCUT2D eigenvalue weighted by Gasteiger charge is 1.97. The summed E-state index contributed by atoms with van der Waals surface area (Å²) < 4.78 is 1.90. The van der Waals surface area contributed by atoms with Crippen LogP contribution in [0.15, 0.2) is 36.9 Å². The molecular weight excluding hydrogens is 178 g/mol. The van der Waals surface area contributed by atoms with Crippen molar-refractivity contribution in [2.75, 3.05) is 0 Å². The zero-order chi connectivity index (χ0) is 9.80. The van der Waals surface area contributed by atoms with Crippen molar-refractivity contribution in [3.8, 4) is 0 Å². The summed E-state index contributed by atoms with van der Waals surface area (Å²) in [5.74, 6) is 0. The molecule has 2 aromatic rings. The summed E-state index contributed by atoms with van der Waals surface area (Å²) in [6, 6.07) is 5.39. The Hall–Kier alpha value is -1.97. The Morgan fingerprint density at radius 2 is 2.36 bits per heavy atom. The van der Waals surface area contributed by atoms with Crippen LogP contribution in [0.1, 0.15) is 16.2 Å². The lowest BCUT2D eigenvalue weighted by Crippen LogP contribution is -2.00. The molecule has 0 atom stereocenters. The Bertz CT molecular complexity index is 423. The first kappa shape index (κ1) is 8.62. The fraction of sp³-hybridized carbons (Fsp3) is 0.100. The predicted octanol–water partition coefficient (Wildman–Crippen LogP) is 1.14. The van der Waals surface area contributed by atoms with Crippen molar-refractivity contribution in [2.45, 2.75) is 6.54 Å². The molecule has 0 aliphatic rings. The largest absolute Gasteiger partial charge is 0.331 e. The summed E-state index contributed by atoms with van der Waals surface area (Å²) in [6.07, 6.45) is 6.03. The van der Waals surface area contributed by atoms with Gasteiger partial charge in [-0.25, -0.2) is 9.97 Å². The molecule has 0 spiro atoms. The molecule has 14 heavy (non-hydrogen) atoms. The quantitative estimate of drug-likeness (QED) is 0.677. The second-order valence-corrected chi connectivity index (χ2v) is 2.91. The zero-order valence-corrected chi connectivity index (χ0v) is 7.50. The lowest BCUT2D eigenvalue weighted by molar-refractivity contribution is 0.111. The highest BCUT2D eigenvalue weighted by molar-refractivity contribution is 5.71. The van der Waals surface area contributed by atoms with Crippen LogP contribution in [0, 0.1) is 0 Å². The third-order valence-corrected chi connectivity index (χ3v) is 1.85. The maximum atomic E-state index is 10.5. The second-order valence-electron chi connectivity index (χ2n) is 2.91. The van der Waals surface area contributed by atoms with Crippen molar-refractivity contribution in [1.82, 2.24) is 14.5 Å². The minimum atomic E-state index is 0.461. The van der Waals surface area contributed by atoms with E-state index in [0.29, 0.717) is 12.2 Å². The fourth-order valence-corrected chi connectivity index (χ4v) is 1.22. The molecule has 0 amide bonds. The van der Waals surface area contributed by atoms with Crippen LogP contribution in [0.4, 0.5) is 0 Å². The molecule has 2 heterocycles. The molecule has 2 rings (SSSR count). The summed E-state index contributed by atoms with van der Waals surface area (Å²) in [5.41, 5.74) is 1.32. The molecule has 0 N–H and O–H groups in total. The minimum Gasteiger partial charge on any atom is -0.331 e. The van der Waals surface area contributed by atoms with Gasteiger partial charge >= 0.3 is 0 Å². The number of aldehydes is 1. The number of rotatable bonds is 3. The van der Waals surface area contributed by atoms with Gasteiger partial charge in [0, 0.05) is 12.4 Å². The van der Waals surface area contributed by atoms with E-state index in [1.807, 2.05) is 22.9 Å². The Morgan fingerprint density at radius 1 is 1.43 bits per heavy atom. The van der Waals surface area contributed by atoms with Gasteiger partial charge in [0.2, 0.25) is 0 Å². The maximum Gasteiger partial charge on any atom is 0.168 e. The molecule has 0 aromatic carbocycles. The first-order chi connectivity index (χ1) is 6.88. The van der Waals surface area contributed by atoms with Crippen LogP contribution < -0.4 is 0 Å². The highest BCUT2D eigenvalue weighted by atomic mass is 16.1. The van der Waals surface area contributed by atoms with E-state index in [9.17, 15) is 4.79 Å². The van der Waals surface area contributed by atoms with Gasteiger partial charge in [0.15, 0.2) is 6.29 Å². The molecule has 0 saturated carbocycles. The summed E-state index contributed by atoms with van der Waals surface area (Å²) in [7, 11) is 0. The normalized spacial score (nSPS) is 10.0. The summed E-state index contributed by atoms with van der Waals surface area (Å²) in [5, 5.41) is 0. The van der Waals surface area contributed by atoms with E-state index in [-0.39, 0.29) is 0 Å². The van der Waals surface area contributed by atoms with E-state index in [1.54, 1.807) is 18.6 Å². The number of pyridine rings is 1. The van der Waals surface area contributed by atoms with Crippen molar-refractivity contribution >= 4 is 6.29 Å². The van der Waals surface area contributed by atoms with E-state index in [0.717, 1.165) is 12.0 Å². The van der Waals surface area contributed by atoms with Crippen LogP contribution in [-0.2, 0) is 6.54 Å². The lowest BCUT2D eigenvalue weighted by Gasteiger charge is -2.01. The van der Waals surface area contributed by atoms with Gasteiger partial charge in [-0.2, -0.15) is 0 Å². The molecule has 0 aliphatic heterocycles. The van der Waals surface area contributed by atoms with Crippen LogP contribution in [0.5, 0.6) is 0 Å². The van der Waals surface area contributed by atoms with Gasteiger partial charge in [-0.05, 0) is 12.1 Å². The average molecular weight is 187 g/mol. The van der Waals surface area contributed by atoms with Crippen molar-refractivity contribution in [3.63, 3.8) is 0 Å². The highest BCUT2D eigenvalue weighted by Crippen LogP contribution is 2.00. The number of carbonyl (C=O) groups excluding carboxylic acids is 1. The summed E-state index contributed by atoms with van der Waals surface area (Å²) in [4.78, 5) is 18.6. The van der Waals surface area contributed by atoms with Gasteiger partial charge in [0.1, 0.15) is 5.69 Å². The van der Waals surface area contributed by atoms with E-state index >= 15 is 0 Å². The van der Waals surface area contributed by atoms with Crippen LogP contribution in [0.2, 0.25) is 0 Å². The minimum absolute atomic E-state index is 0.461. The molecule has 0 bridgehead atoms. The number of carbonyl (C=O) groups is 1. The molecule has 0 aliphatic carbocycles. The monoisotopic (exact) mass is 187 g/mol. The van der Waals surface area contributed by atoms with Gasteiger partial charge in [-0.15, -0.1) is 0 Å². The number of nitrogens with zero attached hydrogens (tertiary/aromatic N) is 3. The third-order valence-electron chi connectivity index (χ3n) is 1.85. The van der Waals surface area contributed by atoms with Crippen molar-refractivity contribution in [3.05, 3.63) is 48.3 Å². The van der Waals surface area contributed by atoms with Crippen LogP contribution in [-0.4, -0.2) is 20.8 Å². The molecule has 70 valence electrons. The van der Waals surface area contributed by atoms with Crippen LogP contribution in [0.3, 0.4) is 0 Å². The van der Waals surface area contributed by atoms with Gasteiger partial charge in [-0.1, -0.05) is 6.07 Å². The van der Waals surface area contributed by atoms with E-state index in [4.69, 9.17) is 0 Å². The smallest absolute Gasteiger partial charge is 0.168 e. The average Bonchev–Trinajstić information content (AvgIpc) is 2.71. The Labute approximate surface area is 81.2 Å². The van der Waals surface area contributed by atoms with E-state index in [2.05, 4.69) is 9.97 Å². The molecule has 0 radical (unpaired) electrons. The zero-order valence-electron chi connectivity index (χ0n) is 7.50. The summed E-state index contributed by atoms with van der Waals surface area (Å²) in [6.45, 7) is 0.641. The third kappa shape index (κ3) is 1.85. The lowest BCUT2D eigenvalue weighted by atomic mass is 10.3. The van der Waals surface area contributed by atoms with E-state index in [1.165, 1.54) is 0 Å². The Morgan fingerprint density at radius 3 is 3.07 bits per heavy atom. The number of hydrogen-bond donors (Lipinski definition) is 0. The Balaban J connectivity index is 2.21. The van der Waals surface area contributed by atoms with Crippen LogP contribution >= 0.6 is 0 Å². The maximum absolute atomic E-state index is 10.5. The molecule has 4 nitrogen and oxygen atoms in total. The first-order valence-electron chi connectivity index (χ1n) is 4.25. The van der Waals surface area contributed by atoms with Crippen LogP contribution in [0.25, 0.3) is 0 Å². The number of aromatic nitrogens is 3. The van der Waals surface area contributed by atoms with Crippen molar-refractivity contribution < 1.29 is 4.79 Å². The molecule has 0 saturated heterocycles. The van der Waals surface area contributed by atoms with Gasteiger partial charge < -0.3 is 4.57 Å². The number of hydrogen-bond acceptors (Lipinski definition) is 3. The topological polar surface area (TPSA) is 47.8 Å². The van der Waals surface area contributed by atoms with Gasteiger partial charge in [-0.3, -0.25) is 4.79 Å². The Kier molecular flexibility index (Phi) is 2.36. The number of imidazole rings is 1. The van der Waals surface area contributed by atoms with E-state index < -0.39 is 0 Å². The molecule has 4 heteroatoms. The predicted molar refractivity (Wildman–Crippen MR) is 51.0 cm³/mol. The van der Waals surface area contributed by atoms with Gasteiger partial charge in [0.25, 0.3) is 0 Å².